The van der Waals surface area contributed by atoms with Gasteiger partial charge in [-0.1, -0.05) is 41.9 Å². The van der Waals surface area contributed by atoms with Crippen molar-refractivity contribution in [2.24, 2.45) is 0 Å². The molecule has 2 aromatic carbocycles. The van der Waals surface area contributed by atoms with Crippen molar-refractivity contribution in [2.75, 3.05) is 25.1 Å². The normalized spacial score (nSPS) is 14.4. The fourth-order valence-electron chi connectivity index (χ4n) is 4.21. The molecule has 0 fully saturated rings. The van der Waals surface area contributed by atoms with E-state index in [9.17, 15) is 8.42 Å². The summed E-state index contributed by atoms with van der Waals surface area (Å²) in [7, 11) is -2.94. The van der Waals surface area contributed by atoms with Gasteiger partial charge in [-0.25, -0.2) is 8.42 Å². The molecule has 0 unspecified atom stereocenters. The molecule has 31 heavy (non-hydrogen) atoms. The fourth-order valence-corrected chi connectivity index (χ4v) is 4.91. The highest BCUT2D eigenvalue weighted by Gasteiger charge is 2.20. The van der Waals surface area contributed by atoms with E-state index in [4.69, 9.17) is 11.6 Å². The minimum atomic E-state index is -2.94. The van der Waals surface area contributed by atoms with Crippen LogP contribution in [-0.4, -0.2) is 43.4 Å². The SMILES string of the molecule is Cc1ccc(Cc2cccc3c2CCN(CCS(C)(=O)=O)C3)cc1-c1ccc(Cl)cn1. The van der Waals surface area contributed by atoms with E-state index >= 15 is 0 Å². The fraction of sp³-hybridized carbons (Fsp3) is 0.320. The highest BCUT2D eigenvalue weighted by Crippen LogP contribution is 2.28. The van der Waals surface area contributed by atoms with Crippen LogP contribution in [0.15, 0.2) is 54.7 Å². The van der Waals surface area contributed by atoms with E-state index in [0.717, 1.165) is 37.2 Å². The maximum absolute atomic E-state index is 11.5. The van der Waals surface area contributed by atoms with Crippen LogP contribution in [-0.2, 0) is 29.2 Å². The minimum absolute atomic E-state index is 0.215. The number of hydrogen-bond acceptors (Lipinski definition) is 4. The van der Waals surface area contributed by atoms with Gasteiger partial charge >= 0.3 is 0 Å². The zero-order chi connectivity index (χ0) is 22.0. The van der Waals surface area contributed by atoms with E-state index in [0.29, 0.717) is 11.6 Å². The first kappa shape index (κ1) is 22.0. The van der Waals surface area contributed by atoms with Crippen molar-refractivity contribution < 1.29 is 8.42 Å². The summed E-state index contributed by atoms with van der Waals surface area (Å²) in [6.45, 7) is 4.41. The second-order valence-electron chi connectivity index (χ2n) is 8.40. The summed E-state index contributed by atoms with van der Waals surface area (Å²) in [6.07, 6.45) is 4.81. The zero-order valence-electron chi connectivity index (χ0n) is 17.9. The first-order valence-electron chi connectivity index (χ1n) is 10.5. The van der Waals surface area contributed by atoms with Crippen molar-refractivity contribution in [3.05, 3.63) is 87.6 Å². The molecule has 2 heterocycles. The molecule has 0 aliphatic carbocycles. The Balaban J connectivity index is 1.55. The van der Waals surface area contributed by atoms with E-state index < -0.39 is 9.84 Å². The van der Waals surface area contributed by atoms with E-state index in [1.54, 1.807) is 6.20 Å². The standard InChI is InChI=1S/C25H27ClN2O2S/c1-18-6-7-19(15-24(18)25-9-8-22(26)16-27-25)14-20-4-3-5-21-17-28(11-10-23(20)21)12-13-31(2,29)30/h3-9,15-16H,10-14,17H2,1-2H3. The van der Waals surface area contributed by atoms with Gasteiger partial charge in [0.2, 0.25) is 0 Å². The van der Waals surface area contributed by atoms with Crippen LogP contribution in [0.2, 0.25) is 5.02 Å². The molecule has 1 aliphatic heterocycles. The zero-order valence-corrected chi connectivity index (χ0v) is 19.5. The highest BCUT2D eigenvalue weighted by molar-refractivity contribution is 7.90. The average molecular weight is 455 g/mol. The maximum atomic E-state index is 11.5. The Morgan fingerprint density at radius 3 is 2.71 bits per heavy atom. The lowest BCUT2D eigenvalue weighted by atomic mass is 9.90. The smallest absolute Gasteiger partial charge is 0.148 e. The molecule has 0 radical (unpaired) electrons. The average Bonchev–Trinajstić information content (AvgIpc) is 2.74. The van der Waals surface area contributed by atoms with Crippen LogP contribution in [0.1, 0.15) is 27.8 Å². The Kier molecular flexibility index (Phi) is 6.47. The molecule has 1 aliphatic rings. The van der Waals surface area contributed by atoms with Gasteiger partial charge < -0.3 is 0 Å². The minimum Gasteiger partial charge on any atom is -0.298 e. The van der Waals surface area contributed by atoms with Crippen molar-refractivity contribution in [1.82, 2.24) is 9.88 Å². The predicted molar refractivity (Wildman–Crippen MR) is 127 cm³/mol. The molecule has 6 heteroatoms. The van der Waals surface area contributed by atoms with Crippen molar-refractivity contribution in [3.63, 3.8) is 0 Å². The molecule has 1 aromatic heterocycles. The number of aromatic nitrogens is 1. The number of sulfone groups is 1. The Morgan fingerprint density at radius 1 is 1.13 bits per heavy atom. The van der Waals surface area contributed by atoms with Gasteiger partial charge in [-0.05, 0) is 65.8 Å². The van der Waals surface area contributed by atoms with Gasteiger partial charge in [-0.15, -0.1) is 0 Å². The summed E-state index contributed by atoms with van der Waals surface area (Å²) in [5.41, 5.74) is 8.57. The Labute approximate surface area is 189 Å². The van der Waals surface area contributed by atoms with Gasteiger partial charge in [-0.2, -0.15) is 0 Å². The number of hydrogen-bond donors (Lipinski definition) is 0. The Morgan fingerprint density at radius 2 is 1.97 bits per heavy atom. The van der Waals surface area contributed by atoms with Gasteiger partial charge in [0, 0.05) is 37.7 Å². The number of halogens is 1. The monoisotopic (exact) mass is 454 g/mol. The van der Waals surface area contributed by atoms with Gasteiger partial charge in [0.1, 0.15) is 9.84 Å². The number of pyridine rings is 1. The summed E-state index contributed by atoms with van der Waals surface area (Å²) >= 11 is 6.00. The van der Waals surface area contributed by atoms with Gasteiger partial charge in [0.25, 0.3) is 0 Å². The molecule has 0 atom stereocenters. The van der Waals surface area contributed by atoms with E-state index in [1.165, 1.54) is 34.1 Å². The Hall–Kier alpha value is -2.21. The van der Waals surface area contributed by atoms with Crippen molar-refractivity contribution in [3.8, 4) is 11.3 Å². The van der Waals surface area contributed by atoms with Crippen LogP contribution >= 0.6 is 11.6 Å². The number of aryl methyl sites for hydroxylation is 1. The van der Waals surface area contributed by atoms with Crippen molar-refractivity contribution in [2.45, 2.75) is 26.3 Å². The van der Waals surface area contributed by atoms with Gasteiger partial charge in [0.05, 0.1) is 16.5 Å². The second-order valence-corrected chi connectivity index (χ2v) is 11.1. The lowest BCUT2D eigenvalue weighted by molar-refractivity contribution is 0.268. The van der Waals surface area contributed by atoms with Gasteiger partial charge in [0.15, 0.2) is 0 Å². The first-order valence-corrected chi connectivity index (χ1v) is 12.9. The van der Waals surface area contributed by atoms with E-state index in [2.05, 4.69) is 53.2 Å². The third-order valence-corrected chi connectivity index (χ3v) is 7.07. The molecule has 0 amide bonds. The summed E-state index contributed by atoms with van der Waals surface area (Å²) < 4.78 is 23.0. The summed E-state index contributed by atoms with van der Waals surface area (Å²) in [6, 6.07) is 16.9. The lowest BCUT2D eigenvalue weighted by Gasteiger charge is -2.30. The summed E-state index contributed by atoms with van der Waals surface area (Å²) in [4.78, 5) is 6.73. The largest absolute Gasteiger partial charge is 0.298 e. The molecule has 162 valence electrons. The van der Waals surface area contributed by atoms with Crippen LogP contribution < -0.4 is 0 Å². The summed E-state index contributed by atoms with van der Waals surface area (Å²) in [5, 5.41) is 0.638. The quantitative estimate of drug-likeness (QED) is 0.541. The van der Waals surface area contributed by atoms with Crippen LogP contribution in [0, 0.1) is 6.92 Å². The molecule has 0 N–H and O–H groups in total. The third-order valence-electron chi connectivity index (χ3n) is 5.92. The molecule has 3 aromatic rings. The molecule has 0 saturated carbocycles. The first-order chi connectivity index (χ1) is 14.8. The maximum Gasteiger partial charge on any atom is 0.148 e. The molecular weight excluding hydrogens is 428 g/mol. The topological polar surface area (TPSA) is 50.3 Å². The van der Waals surface area contributed by atoms with E-state index in [1.807, 2.05) is 12.1 Å². The lowest BCUT2D eigenvalue weighted by Crippen LogP contribution is -2.34. The molecule has 4 nitrogen and oxygen atoms in total. The number of nitrogens with zero attached hydrogens (tertiary/aromatic N) is 2. The predicted octanol–water partition coefficient (Wildman–Crippen LogP) is 4.70. The molecule has 0 saturated heterocycles. The molecular formula is C25H27ClN2O2S. The number of benzene rings is 2. The molecule has 4 rings (SSSR count). The van der Waals surface area contributed by atoms with Crippen LogP contribution in [0.5, 0.6) is 0 Å². The van der Waals surface area contributed by atoms with Crippen LogP contribution in [0.3, 0.4) is 0 Å². The van der Waals surface area contributed by atoms with Crippen LogP contribution in [0.4, 0.5) is 0 Å². The highest BCUT2D eigenvalue weighted by atomic mass is 35.5. The number of fused-ring (bicyclic) bond motifs is 1. The number of rotatable bonds is 6. The van der Waals surface area contributed by atoms with Crippen molar-refractivity contribution >= 4 is 21.4 Å². The van der Waals surface area contributed by atoms with Crippen LogP contribution in [0.25, 0.3) is 11.3 Å². The third kappa shape index (κ3) is 5.53. The van der Waals surface area contributed by atoms with E-state index in [-0.39, 0.29) is 5.75 Å². The molecule has 0 spiro atoms. The Bertz CT molecular complexity index is 1190. The van der Waals surface area contributed by atoms with Gasteiger partial charge in [-0.3, -0.25) is 9.88 Å². The molecule has 0 bridgehead atoms. The summed E-state index contributed by atoms with van der Waals surface area (Å²) in [5.74, 6) is 0.215. The van der Waals surface area contributed by atoms with Crippen molar-refractivity contribution in [1.29, 1.82) is 0 Å². The second kappa shape index (κ2) is 9.11.